The maximum atomic E-state index is 12.5. The summed E-state index contributed by atoms with van der Waals surface area (Å²) in [4.78, 5) is 33.5. The SMILES string of the molecule is O=C(Nc1ccc2[nH]cc(C3=CCN4CCCC4C3)c2c1)c1ccccc1.O=C(Nc1ccc2occ(C3=CCN4CCCCC4C3)c2c1)c1ccccc1. The number of carbonyl (C=O) groups excluding carboxylic acids is 2. The molecule has 4 aromatic carbocycles. The fourth-order valence-corrected chi connectivity index (χ4v) is 8.87. The molecule has 55 heavy (non-hydrogen) atoms. The summed E-state index contributed by atoms with van der Waals surface area (Å²) >= 11 is 0. The number of hydrogen-bond donors (Lipinski definition) is 3. The summed E-state index contributed by atoms with van der Waals surface area (Å²) in [6, 6.07) is 31.9. The Balaban J connectivity index is 0.000000144. The molecule has 8 heteroatoms. The average molecular weight is 730 g/mol. The van der Waals surface area contributed by atoms with Crippen LogP contribution in [0.25, 0.3) is 33.0 Å². The van der Waals surface area contributed by atoms with Crippen molar-refractivity contribution in [2.24, 2.45) is 0 Å². The van der Waals surface area contributed by atoms with Crippen molar-refractivity contribution in [2.75, 3.05) is 36.8 Å². The van der Waals surface area contributed by atoms with Gasteiger partial charge in [0, 0.05) is 81.3 Å². The minimum absolute atomic E-state index is 0.0782. The Bertz CT molecular complexity index is 2390. The standard InChI is InChI=1S/C24H24N2O2.C23H23N3O/c27-24(17-6-2-1-3-7-17)25-19-9-10-23-21(15-19)22(16-28-23)18-11-13-26-12-5-4-8-20(26)14-18;27-23(16-5-2-1-3-6-16)25-18-8-9-22-20(14-18)21(15-24-22)17-10-12-26-11-4-7-19(26)13-17/h1-3,6-7,9-11,15-16,20H,4-5,8,12-14H2,(H,25,27);1-3,5-6,8-10,14-15,19,24H,4,7,11-13H2,(H,25,27). The summed E-state index contributed by atoms with van der Waals surface area (Å²) < 4.78 is 5.82. The lowest BCUT2D eigenvalue weighted by molar-refractivity contribution is 0.101. The third-order valence-electron chi connectivity index (χ3n) is 11.8. The largest absolute Gasteiger partial charge is 0.464 e. The van der Waals surface area contributed by atoms with E-state index in [2.05, 4.69) is 49.8 Å². The molecule has 2 aromatic heterocycles. The topological polar surface area (TPSA) is 93.6 Å². The minimum atomic E-state index is -0.0975. The number of anilines is 2. The van der Waals surface area contributed by atoms with E-state index < -0.39 is 0 Å². The Morgan fingerprint density at radius 3 is 1.89 bits per heavy atom. The smallest absolute Gasteiger partial charge is 0.255 e. The molecule has 2 unspecified atom stereocenters. The molecular weight excluding hydrogens is 683 g/mol. The summed E-state index contributed by atoms with van der Waals surface area (Å²) in [5, 5.41) is 8.28. The highest BCUT2D eigenvalue weighted by Gasteiger charge is 2.29. The lowest BCUT2D eigenvalue weighted by Gasteiger charge is -2.38. The van der Waals surface area contributed by atoms with Crippen molar-refractivity contribution in [1.29, 1.82) is 0 Å². The monoisotopic (exact) mass is 729 g/mol. The van der Waals surface area contributed by atoms with Crippen LogP contribution in [-0.4, -0.2) is 64.9 Å². The van der Waals surface area contributed by atoms with Gasteiger partial charge in [-0.1, -0.05) is 55.0 Å². The molecule has 0 saturated carbocycles. The molecule has 6 aromatic rings. The first-order valence-electron chi connectivity index (χ1n) is 19.8. The average Bonchev–Trinajstić information content (AvgIpc) is 4.00. The van der Waals surface area contributed by atoms with E-state index in [0.717, 1.165) is 59.4 Å². The van der Waals surface area contributed by atoms with Gasteiger partial charge in [0.2, 0.25) is 0 Å². The Labute approximate surface area is 321 Å². The van der Waals surface area contributed by atoms with Gasteiger partial charge < -0.3 is 20.0 Å². The van der Waals surface area contributed by atoms with Crippen molar-refractivity contribution in [3.05, 3.63) is 144 Å². The van der Waals surface area contributed by atoms with Crippen LogP contribution in [0, 0.1) is 0 Å². The van der Waals surface area contributed by atoms with Gasteiger partial charge in [0.15, 0.2) is 0 Å². The van der Waals surface area contributed by atoms with E-state index in [0.29, 0.717) is 23.2 Å². The lowest BCUT2D eigenvalue weighted by Crippen LogP contribution is -2.41. The first-order chi connectivity index (χ1) is 27.1. The summed E-state index contributed by atoms with van der Waals surface area (Å²) in [7, 11) is 0. The summed E-state index contributed by atoms with van der Waals surface area (Å²) in [6.45, 7) is 4.53. The third-order valence-corrected chi connectivity index (χ3v) is 11.8. The predicted octanol–water partition coefficient (Wildman–Crippen LogP) is 10.00. The normalized spacial score (nSPS) is 19.8. The van der Waals surface area contributed by atoms with E-state index in [9.17, 15) is 9.59 Å². The second-order valence-corrected chi connectivity index (χ2v) is 15.3. The first-order valence-corrected chi connectivity index (χ1v) is 19.8. The van der Waals surface area contributed by atoms with Gasteiger partial charge in [0.1, 0.15) is 5.58 Å². The van der Waals surface area contributed by atoms with Crippen molar-refractivity contribution in [3.8, 4) is 0 Å². The summed E-state index contributed by atoms with van der Waals surface area (Å²) in [5.74, 6) is -0.176. The van der Waals surface area contributed by atoms with Crippen LogP contribution in [0.5, 0.6) is 0 Å². The predicted molar refractivity (Wildman–Crippen MR) is 222 cm³/mol. The van der Waals surface area contributed by atoms with Gasteiger partial charge in [-0.15, -0.1) is 0 Å². The molecule has 0 spiro atoms. The zero-order valence-corrected chi connectivity index (χ0v) is 31.1. The van der Waals surface area contributed by atoms with Crippen LogP contribution < -0.4 is 10.6 Å². The van der Waals surface area contributed by atoms with Gasteiger partial charge in [-0.05, 0) is 123 Å². The van der Waals surface area contributed by atoms with Gasteiger partial charge in [-0.2, -0.15) is 0 Å². The number of H-pyrrole nitrogens is 1. The van der Waals surface area contributed by atoms with Crippen molar-refractivity contribution in [2.45, 2.75) is 57.0 Å². The molecule has 4 aliphatic rings. The fraction of sp³-hybridized carbons (Fsp3) is 0.277. The highest BCUT2D eigenvalue weighted by atomic mass is 16.3. The van der Waals surface area contributed by atoms with Crippen LogP contribution in [0.15, 0.2) is 126 Å². The van der Waals surface area contributed by atoms with Gasteiger partial charge in [0.25, 0.3) is 11.8 Å². The van der Waals surface area contributed by atoms with Crippen LogP contribution in [0.4, 0.5) is 11.4 Å². The van der Waals surface area contributed by atoms with E-state index in [1.54, 1.807) is 0 Å². The quantitative estimate of drug-likeness (QED) is 0.159. The molecule has 3 N–H and O–H groups in total. The Kier molecular flexibility index (Phi) is 9.92. The highest BCUT2D eigenvalue weighted by molar-refractivity contribution is 6.06. The van der Waals surface area contributed by atoms with E-state index in [1.165, 1.54) is 67.3 Å². The van der Waals surface area contributed by atoms with Crippen LogP contribution in [0.1, 0.15) is 76.8 Å². The van der Waals surface area contributed by atoms with Crippen LogP contribution in [-0.2, 0) is 0 Å². The number of furan rings is 1. The number of carbonyl (C=O) groups is 2. The molecule has 2 amide bonds. The number of nitrogens with one attached hydrogen (secondary N) is 3. The van der Waals surface area contributed by atoms with E-state index in [1.807, 2.05) is 97.3 Å². The van der Waals surface area contributed by atoms with Crippen LogP contribution in [0.2, 0.25) is 0 Å². The number of benzene rings is 4. The zero-order valence-electron chi connectivity index (χ0n) is 31.1. The van der Waals surface area contributed by atoms with Crippen LogP contribution >= 0.6 is 0 Å². The van der Waals surface area contributed by atoms with Crippen molar-refractivity contribution >= 4 is 56.2 Å². The maximum Gasteiger partial charge on any atom is 0.255 e. The van der Waals surface area contributed by atoms with E-state index in [4.69, 9.17) is 4.42 Å². The molecule has 0 aliphatic carbocycles. The molecule has 0 radical (unpaired) electrons. The number of piperidine rings is 1. The first kappa shape index (κ1) is 35.0. The number of hydrogen-bond acceptors (Lipinski definition) is 5. The number of nitrogens with zero attached hydrogens (tertiary/aromatic N) is 2. The number of aromatic amines is 1. The van der Waals surface area contributed by atoms with Crippen molar-refractivity contribution < 1.29 is 14.0 Å². The summed E-state index contributed by atoms with van der Waals surface area (Å²) in [6.07, 6.45) is 17.5. The van der Waals surface area contributed by atoms with Crippen LogP contribution in [0.3, 0.4) is 0 Å². The molecule has 278 valence electrons. The number of fused-ring (bicyclic) bond motifs is 4. The van der Waals surface area contributed by atoms with E-state index in [-0.39, 0.29) is 11.8 Å². The highest BCUT2D eigenvalue weighted by Crippen LogP contribution is 2.38. The van der Waals surface area contributed by atoms with Gasteiger partial charge in [-0.25, -0.2) is 0 Å². The Morgan fingerprint density at radius 1 is 0.636 bits per heavy atom. The molecule has 10 rings (SSSR count). The van der Waals surface area contributed by atoms with Crippen molar-refractivity contribution in [3.63, 3.8) is 0 Å². The maximum absolute atomic E-state index is 12.5. The second kappa shape index (κ2) is 15.6. The molecule has 2 fully saturated rings. The van der Waals surface area contributed by atoms with E-state index >= 15 is 0 Å². The number of rotatable bonds is 6. The molecule has 8 nitrogen and oxygen atoms in total. The molecule has 2 atom stereocenters. The Hall–Kier alpha value is -5.70. The number of aromatic nitrogens is 1. The van der Waals surface area contributed by atoms with Gasteiger partial charge >= 0.3 is 0 Å². The lowest BCUT2D eigenvalue weighted by atomic mass is 9.89. The van der Waals surface area contributed by atoms with Gasteiger partial charge in [-0.3, -0.25) is 19.4 Å². The Morgan fingerprint density at radius 2 is 1.22 bits per heavy atom. The molecule has 4 aliphatic heterocycles. The summed E-state index contributed by atoms with van der Waals surface area (Å²) in [5.41, 5.74) is 10.1. The third kappa shape index (κ3) is 7.53. The number of amides is 2. The zero-order chi connectivity index (χ0) is 37.1. The minimum Gasteiger partial charge on any atom is -0.464 e. The van der Waals surface area contributed by atoms with Gasteiger partial charge in [0.05, 0.1) is 6.26 Å². The molecular formula is C47H47N5O3. The molecule has 2 saturated heterocycles. The second-order valence-electron chi connectivity index (χ2n) is 15.3. The van der Waals surface area contributed by atoms with Crippen molar-refractivity contribution in [1.82, 2.24) is 14.8 Å². The molecule has 0 bridgehead atoms. The fourth-order valence-electron chi connectivity index (χ4n) is 8.87. The molecule has 6 heterocycles.